The zero-order chi connectivity index (χ0) is 67.3. The van der Waals surface area contributed by atoms with E-state index in [1.165, 1.54) is 0 Å². The highest BCUT2D eigenvalue weighted by atomic mass is 16.4. The van der Waals surface area contributed by atoms with E-state index in [2.05, 4.69) is 72.2 Å². The van der Waals surface area contributed by atoms with E-state index < -0.39 is 114 Å². The number of guanidine groups is 6. The van der Waals surface area contributed by atoms with Crippen molar-refractivity contribution in [3.8, 4) is 0 Å². The van der Waals surface area contributed by atoms with E-state index in [-0.39, 0.29) is 152 Å². The second-order valence-corrected chi connectivity index (χ2v) is 20.6. The van der Waals surface area contributed by atoms with Gasteiger partial charge in [0, 0.05) is 69.2 Å². The van der Waals surface area contributed by atoms with Crippen LogP contribution in [-0.2, 0) is 49.6 Å². The quantitative estimate of drug-likeness (QED) is 0.0166. The number of benzene rings is 1. The third-order valence-corrected chi connectivity index (χ3v) is 13.2. The van der Waals surface area contributed by atoms with Crippen LogP contribution in [0.4, 0.5) is 0 Å². The maximum absolute atomic E-state index is 14.6. The van der Waals surface area contributed by atoms with Crippen molar-refractivity contribution in [2.45, 2.75) is 145 Å². The predicted molar refractivity (Wildman–Crippen MR) is 337 cm³/mol. The summed E-state index contributed by atoms with van der Waals surface area (Å²) in [4.78, 5) is 151. The number of nitrogens with two attached hydrogens (primary N) is 13. The lowest BCUT2D eigenvalue weighted by Gasteiger charge is -2.28. The molecule has 2 aromatic rings. The number of carboxylic acids is 2. The Hall–Kier alpha value is -10.4. The number of aliphatic imine (C=N–C) groups is 6. The Kier molecular flexibility index (Phi) is 34.4. The van der Waals surface area contributed by atoms with Gasteiger partial charge in [0.05, 0.1) is 6.04 Å². The first-order valence-electron chi connectivity index (χ1n) is 28.8. The van der Waals surface area contributed by atoms with Gasteiger partial charge in [0.1, 0.15) is 42.3 Å². The summed E-state index contributed by atoms with van der Waals surface area (Å²) >= 11 is 0. The van der Waals surface area contributed by atoms with Crippen LogP contribution >= 0.6 is 0 Å². The first-order valence-corrected chi connectivity index (χ1v) is 28.8. The molecule has 0 saturated carbocycles. The number of aromatic nitrogens is 1. The first kappa shape index (κ1) is 75.7. The summed E-state index contributed by atoms with van der Waals surface area (Å²) in [5.41, 5.74) is 73.6. The number of rotatable bonds is 44. The molecule has 0 aliphatic carbocycles. The topological polar surface area (TPSA) is 707 Å². The Balaban J connectivity index is 2.62. The molecule has 0 aliphatic rings. The fourth-order valence-electron chi connectivity index (χ4n) is 8.68. The van der Waals surface area contributed by atoms with E-state index in [0.717, 1.165) is 0 Å². The molecule has 0 fully saturated rings. The van der Waals surface area contributed by atoms with Crippen LogP contribution in [-0.4, -0.2) is 192 Å². The van der Waals surface area contributed by atoms with E-state index in [4.69, 9.17) is 74.5 Å². The van der Waals surface area contributed by atoms with Gasteiger partial charge < -0.3 is 127 Å². The number of aromatic amines is 1. The molecule has 1 aromatic heterocycles. The smallest absolute Gasteiger partial charge is 0.326 e. The minimum atomic E-state index is -1.67. The lowest BCUT2D eigenvalue weighted by atomic mass is 10.0. The molecule has 38 heteroatoms. The van der Waals surface area contributed by atoms with Gasteiger partial charge >= 0.3 is 11.9 Å². The molecular formula is C52H91N27O11. The maximum atomic E-state index is 14.6. The molecule has 38 nitrogen and oxygen atoms in total. The van der Waals surface area contributed by atoms with Crippen LogP contribution in [0.15, 0.2) is 60.4 Å². The highest BCUT2D eigenvalue weighted by Gasteiger charge is 2.35. The number of carbonyl (C=O) groups excluding carboxylic acids is 7. The van der Waals surface area contributed by atoms with Gasteiger partial charge in [-0.3, -0.25) is 68.3 Å². The number of aliphatic carboxylic acids is 2. The molecule has 2 rings (SSSR count). The molecule has 500 valence electrons. The maximum Gasteiger partial charge on any atom is 0.326 e. The number of amides is 7. The largest absolute Gasteiger partial charge is 0.481 e. The van der Waals surface area contributed by atoms with Gasteiger partial charge in [-0.15, -0.1) is 0 Å². The summed E-state index contributed by atoms with van der Waals surface area (Å²) in [5, 5.41) is 38.5. The van der Waals surface area contributed by atoms with Crippen LogP contribution in [0.25, 0.3) is 10.9 Å². The molecule has 1 heterocycles. The molecule has 0 aliphatic heterocycles. The number of nitrogens with one attached hydrogen (secondary N) is 8. The summed E-state index contributed by atoms with van der Waals surface area (Å²) < 4.78 is 0. The number of hydrogen-bond donors (Lipinski definition) is 23. The first-order chi connectivity index (χ1) is 42.6. The molecule has 0 spiro atoms. The van der Waals surface area contributed by atoms with E-state index in [9.17, 15) is 53.4 Å². The van der Waals surface area contributed by atoms with Crippen LogP contribution in [0, 0.1) is 0 Å². The van der Waals surface area contributed by atoms with Crippen molar-refractivity contribution in [1.82, 2.24) is 42.2 Å². The number of carboxylic acid groups (broad SMARTS) is 2. The summed E-state index contributed by atoms with van der Waals surface area (Å²) in [7, 11) is 0. The van der Waals surface area contributed by atoms with Crippen molar-refractivity contribution < 1.29 is 53.4 Å². The third-order valence-electron chi connectivity index (χ3n) is 13.2. The van der Waals surface area contributed by atoms with Crippen molar-refractivity contribution in [3.05, 3.63) is 36.0 Å². The average Bonchev–Trinajstić information content (AvgIpc) is 1.79. The molecule has 1 aromatic carbocycles. The Morgan fingerprint density at radius 3 is 0.967 bits per heavy atom. The van der Waals surface area contributed by atoms with Crippen molar-refractivity contribution in [2.24, 2.45) is 104 Å². The van der Waals surface area contributed by atoms with Gasteiger partial charge in [-0.1, -0.05) is 18.2 Å². The normalized spacial score (nSPS) is 13.4. The minimum Gasteiger partial charge on any atom is -0.481 e. The zero-order valence-corrected chi connectivity index (χ0v) is 50.1. The number of H-pyrrole nitrogens is 1. The Morgan fingerprint density at radius 1 is 0.389 bits per heavy atom. The van der Waals surface area contributed by atoms with Crippen molar-refractivity contribution in [1.29, 1.82) is 0 Å². The van der Waals surface area contributed by atoms with E-state index in [0.29, 0.717) is 22.9 Å². The monoisotopic (exact) mass is 1270 g/mol. The molecule has 0 radical (unpaired) electrons. The summed E-state index contributed by atoms with van der Waals surface area (Å²) in [6.07, 6.45) is 0.0602. The molecule has 0 unspecified atom stereocenters. The van der Waals surface area contributed by atoms with E-state index >= 15 is 0 Å². The average molecular weight is 1270 g/mol. The molecule has 0 saturated heterocycles. The Morgan fingerprint density at radius 2 is 0.667 bits per heavy atom. The van der Waals surface area contributed by atoms with Crippen LogP contribution in [0.1, 0.15) is 95.5 Å². The van der Waals surface area contributed by atoms with Crippen LogP contribution in [0.5, 0.6) is 0 Å². The zero-order valence-electron chi connectivity index (χ0n) is 50.1. The van der Waals surface area contributed by atoms with E-state index in [1.807, 2.05) is 0 Å². The highest BCUT2D eigenvalue weighted by molar-refractivity contribution is 5.98. The second kappa shape index (κ2) is 40.9. The number of nitrogens with zero attached hydrogens (tertiary/aromatic N) is 6. The third kappa shape index (κ3) is 31.3. The standard InChI is InChI=1S/C52H91N27O11/c53-29(10-3-19-66-47(54)55)39(82)73-31(12-4-20-67-48(56)57)40(83)74-32(13-5-21-68-49(58)59)41(84)75-33(14-6-22-69-50(60)61)42(85)76-34(15-7-23-70-51(62)63)43(86)77-35(16-8-24-71-52(64)65)44(87)78-36(17-18-38(80)81)45(88)79-37(46(89)90)25-27-26-72-30-11-2-1-9-28(27)30/h1-2,9,11,26,29,31-37,72H,3-8,10,12-25,53H2,(H,73,82)(H,74,83)(H,75,84)(H,76,85)(H,77,86)(H,78,87)(H,79,88)(H,80,81)(H,89,90)(H4,54,55,66)(H4,56,57,67)(H4,58,59,68)(H4,60,61,69)(H4,62,63,70)(H4,64,65,71)/t29-,31-,32-,33-,34-,35-,36-,37-/m0/s1. The number of hydrogen-bond acceptors (Lipinski definition) is 16. The van der Waals surface area contributed by atoms with Crippen molar-refractivity contribution >= 4 is 99.9 Å². The van der Waals surface area contributed by atoms with Gasteiger partial charge in [-0.05, 0) is 95.1 Å². The predicted octanol–water partition coefficient (Wildman–Crippen LogP) is -8.30. The fraction of sp³-hybridized carbons (Fsp3) is 0.558. The van der Waals surface area contributed by atoms with Crippen LogP contribution in [0.3, 0.4) is 0 Å². The summed E-state index contributed by atoms with van der Waals surface area (Å²) in [6.45, 7) is 0.00979. The van der Waals surface area contributed by atoms with Crippen LogP contribution in [0.2, 0.25) is 0 Å². The van der Waals surface area contributed by atoms with Gasteiger partial charge in [0.25, 0.3) is 0 Å². The SMILES string of the molecule is NC(N)=NCCC[C@H](NC(=O)[C@H](CCCN=C(N)N)NC(=O)[C@H](CCCN=C(N)N)NC(=O)[C@H](CCCN=C(N)N)NC(=O)[C@H](CCCN=C(N)N)NC(=O)[C@@H](N)CCCN=C(N)N)C(=O)N[C@@H](CCC(=O)O)C(=O)N[C@@H](Cc1c[nH]c2ccccc12)C(=O)O. The molecule has 90 heavy (non-hydrogen) atoms. The van der Waals surface area contributed by atoms with Gasteiger partial charge in [0.2, 0.25) is 41.4 Å². The second-order valence-electron chi connectivity index (χ2n) is 20.6. The van der Waals surface area contributed by atoms with Crippen LogP contribution < -0.4 is 112 Å². The molecule has 8 atom stereocenters. The van der Waals surface area contributed by atoms with Crippen molar-refractivity contribution in [3.63, 3.8) is 0 Å². The lowest BCUT2D eigenvalue weighted by molar-refractivity contribution is -0.143. The van der Waals surface area contributed by atoms with Gasteiger partial charge in [0.15, 0.2) is 35.8 Å². The lowest BCUT2D eigenvalue weighted by Crippen LogP contribution is -2.60. The molecule has 7 amide bonds. The summed E-state index contributed by atoms with van der Waals surface area (Å²) in [6, 6.07) is -4.76. The van der Waals surface area contributed by atoms with Gasteiger partial charge in [-0.25, -0.2) is 4.79 Å². The van der Waals surface area contributed by atoms with E-state index in [1.54, 1.807) is 30.5 Å². The molecular weight excluding hydrogens is 1180 g/mol. The van der Waals surface area contributed by atoms with Gasteiger partial charge in [-0.2, -0.15) is 0 Å². The fourth-order valence-corrected chi connectivity index (χ4v) is 8.68. The minimum absolute atomic E-state index is 0.0173. The Bertz CT molecular complexity index is 2870. The molecule has 0 bridgehead atoms. The number of para-hydroxylation sites is 1. The summed E-state index contributed by atoms with van der Waals surface area (Å²) in [5.74, 6) is -10.9. The Labute approximate surface area is 518 Å². The highest BCUT2D eigenvalue weighted by Crippen LogP contribution is 2.20. The van der Waals surface area contributed by atoms with Crippen molar-refractivity contribution in [2.75, 3.05) is 39.3 Å². The number of carbonyl (C=O) groups is 9. The molecule has 36 N–H and O–H groups in total. The number of fused-ring (bicyclic) bond motifs is 1.